The molecule has 138 valence electrons. The van der Waals surface area contributed by atoms with Crippen molar-refractivity contribution in [3.8, 4) is 0 Å². The van der Waals surface area contributed by atoms with Gasteiger partial charge in [-0.2, -0.15) is 0 Å². The van der Waals surface area contributed by atoms with Gasteiger partial charge in [0.1, 0.15) is 10.8 Å². The molecule has 0 saturated carbocycles. The van der Waals surface area contributed by atoms with E-state index in [2.05, 4.69) is 27.1 Å². The maximum absolute atomic E-state index is 13.1. The third-order valence-electron chi connectivity index (χ3n) is 4.15. The number of halogens is 2. The lowest BCUT2D eigenvalue weighted by atomic mass is 10.0. The average Bonchev–Trinajstić information content (AvgIpc) is 2.62. The summed E-state index contributed by atoms with van der Waals surface area (Å²) in [4.78, 5) is 23.3. The molecule has 1 fully saturated rings. The second kappa shape index (κ2) is 8.68. The minimum atomic E-state index is -0.442. The number of nitrogens with one attached hydrogen (secondary N) is 1. The van der Waals surface area contributed by atoms with Crippen LogP contribution in [0.25, 0.3) is 0 Å². The summed E-state index contributed by atoms with van der Waals surface area (Å²) in [5.41, 5.74) is 0.392. The Bertz CT molecular complexity index is 792. The predicted octanol–water partition coefficient (Wildman–Crippen LogP) is 4.24. The fourth-order valence-electron chi connectivity index (χ4n) is 2.93. The molecule has 5 nitrogen and oxygen atoms in total. The smallest absolute Gasteiger partial charge is 0.234 e. The first kappa shape index (κ1) is 18.9. The number of benzene rings is 1. The van der Waals surface area contributed by atoms with Crippen LogP contribution in [0.3, 0.4) is 0 Å². The van der Waals surface area contributed by atoms with Gasteiger partial charge in [0.15, 0.2) is 5.82 Å². The molecular formula is C18H20ClFN4OS. The minimum absolute atomic E-state index is 0.169. The predicted molar refractivity (Wildman–Crippen MR) is 103 cm³/mol. The lowest BCUT2D eigenvalue weighted by molar-refractivity contribution is -0.113. The molecule has 1 atom stereocenters. The van der Waals surface area contributed by atoms with Crippen LogP contribution in [0.2, 0.25) is 5.02 Å². The van der Waals surface area contributed by atoms with E-state index in [-0.39, 0.29) is 16.7 Å². The third-order valence-corrected chi connectivity index (χ3v) is 5.43. The highest BCUT2D eigenvalue weighted by molar-refractivity contribution is 8.00. The van der Waals surface area contributed by atoms with Crippen molar-refractivity contribution < 1.29 is 9.18 Å². The number of rotatable bonds is 5. The molecule has 0 bridgehead atoms. The molecule has 1 aromatic heterocycles. The summed E-state index contributed by atoms with van der Waals surface area (Å²) >= 11 is 7.27. The molecule has 2 heterocycles. The summed E-state index contributed by atoms with van der Waals surface area (Å²) in [7, 11) is 0. The summed E-state index contributed by atoms with van der Waals surface area (Å²) in [6, 6.07) is 3.87. The maximum atomic E-state index is 13.1. The van der Waals surface area contributed by atoms with Crippen LogP contribution in [0.15, 0.2) is 35.6 Å². The molecule has 26 heavy (non-hydrogen) atoms. The second-order valence-corrected chi connectivity index (χ2v) is 7.71. The van der Waals surface area contributed by atoms with E-state index in [1.54, 1.807) is 12.4 Å². The topological polar surface area (TPSA) is 58.1 Å². The molecule has 1 unspecified atom stereocenters. The van der Waals surface area contributed by atoms with Gasteiger partial charge in [0.25, 0.3) is 0 Å². The summed E-state index contributed by atoms with van der Waals surface area (Å²) in [6.45, 7) is 4.13. The summed E-state index contributed by atoms with van der Waals surface area (Å²) in [5.74, 6) is 0.946. The Morgan fingerprint density at radius 1 is 1.42 bits per heavy atom. The Kier molecular flexibility index (Phi) is 6.32. The highest BCUT2D eigenvalue weighted by Gasteiger charge is 2.21. The number of hydrogen-bond donors (Lipinski definition) is 1. The van der Waals surface area contributed by atoms with Crippen molar-refractivity contribution in [2.75, 3.05) is 29.1 Å². The van der Waals surface area contributed by atoms with Gasteiger partial charge in [0.05, 0.1) is 16.5 Å². The number of nitrogens with zero attached hydrogens (tertiary/aromatic N) is 3. The Morgan fingerprint density at radius 3 is 3.00 bits per heavy atom. The Balaban J connectivity index is 1.63. The molecule has 0 aliphatic carbocycles. The number of carbonyl (C=O) groups excluding carboxylic acids is 1. The quantitative estimate of drug-likeness (QED) is 0.769. The first-order chi connectivity index (χ1) is 12.5. The zero-order valence-electron chi connectivity index (χ0n) is 14.4. The molecular weight excluding hydrogens is 375 g/mol. The number of anilines is 2. The van der Waals surface area contributed by atoms with Gasteiger partial charge >= 0.3 is 0 Å². The molecule has 1 aromatic carbocycles. The van der Waals surface area contributed by atoms with Crippen LogP contribution >= 0.6 is 23.4 Å². The summed E-state index contributed by atoms with van der Waals surface area (Å²) < 4.78 is 13.1. The van der Waals surface area contributed by atoms with Crippen molar-refractivity contribution >= 4 is 40.8 Å². The van der Waals surface area contributed by atoms with Gasteiger partial charge in [-0.3, -0.25) is 4.79 Å². The van der Waals surface area contributed by atoms with E-state index in [0.29, 0.717) is 11.6 Å². The molecule has 8 heteroatoms. The average molecular weight is 395 g/mol. The Labute approximate surface area is 161 Å². The van der Waals surface area contributed by atoms with E-state index in [9.17, 15) is 9.18 Å². The van der Waals surface area contributed by atoms with E-state index in [1.807, 2.05) is 0 Å². The van der Waals surface area contributed by atoms with Crippen LogP contribution < -0.4 is 10.2 Å². The number of amides is 1. The number of hydrogen-bond acceptors (Lipinski definition) is 5. The maximum Gasteiger partial charge on any atom is 0.234 e. The van der Waals surface area contributed by atoms with Gasteiger partial charge in [0, 0.05) is 25.5 Å². The van der Waals surface area contributed by atoms with Crippen molar-refractivity contribution in [3.05, 3.63) is 41.4 Å². The van der Waals surface area contributed by atoms with Crippen molar-refractivity contribution in [1.29, 1.82) is 0 Å². The van der Waals surface area contributed by atoms with Gasteiger partial charge in [-0.25, -0.2) is 14.4 Å². The molecule has 3 rings (SSSR count). The number of carbonyl (C=O) groups is 1. The van der Waals surface area contributed by atoms with E-state index in [1.165, 1.54) is 36.4 Å². The second-order valence-electron chi connectivity index (χ2n) is 6.34. The molecule has 1 aliphatic heterocycles. The molecule has 2 aromatic rings. The van der Waals surface area contributed by atoms with Crippen LogP contribution in [0.4, 0.5) is 15.9 Å². The third kappa shape index (κ3) is 4.86. The molecule has 1 N–H and O–H groups in total. The van der Waals surface area contributed by atoms with E-state index < -0.39 is 5.82 Å². The van der Waals surface area contributed by atoms with Crippen molar-refractivity contribution in [1.82, 2.24) is 9.97 Å². The largest absolute Gasteiger partial charge is 0.354 e. The molecule has 1 saturated heterocycles. The normalized spacial score (nSPS) is 17.2. The minimum Gasteiger partial charge on any atom is -0.354 e. The highest BCUT2D eigenvalue weighted by atomic mass is 35.5. The lowest BCUT2D eigenvalue weighted by Crippen LogP contribution is -2.35. The van der Waals surface area contributed by atoms with Crippen LogP contribution in [0.5, 0.6) is 0 Å². The van der Waals surface area contributed by atoms with Crippen molar-refractivity contribution in [2.24, 2.45) is 5.92 Å². The van der Waals surface area contributed by atoms with Crippen molar-refractivity contribution in [3.63, 3.8) is 0 Å². The van der Waals surface area contributed by atoms with Gasteiger partial charge in [-0.15, -0.1) is 0 Å². The number of piperidine rings is 1. The van der Waals surface area contributed by atoms with Crippen LogP contribution in [-0.2, 0) is 4.79 Å². The number of thioether (sulfide) groups is 1. The van der Waals surface area contributed by atoms with Crippen LogP contribution in [0.1, 0.15) is 19.8 Å². The van der Waals surface area contributed by atoms with Gasteiger partial charge in [-0.05, 0) is 37.0 Å². The van der Waals surface area contributed by atoms with E-state index in [4.69, 9.17) is 11.6 Å². The zero-order chi connectivity index (χ0) is 18.5. The standard InChI is InChI=1S/C18H20ClFN4OS/c1-12-3-2-8-24(10-12)17-18(22-7-6-21-17)26-11-16(25)23-15-5-4-13(20)9-14(15)19/h4-7,9,12H,2-3,8,10-11H2,1H3,(H,23,25). The summed E-state index contributed by atoms with van der Waals surface area (Å²) in [6.07, 6.45) is 5.66. The van der Waals surface area contributed by atoms with Crippen molar-refractivity contribution in [2.45, 2.75) is 24.8 Å². The lowest BCUT2D eigenvalue weighted by Gasteiger charge is -2.32. The summed E-state index contributed by atoms with van der Waals surface area (Å²) in [5, 5.41) is 3.60. The first-order valence-corrected chi connectivity index (χ1v) is 9.83. The Morgan fingerprint density at radius 2 is 2.23 bits per heavy atom. The Hall–Kier alpha value is -1.86. The van der Waals surface area contributed by atoms with E-state index >= 15 is 0 Å². The fourth-order valence-corrected chi connectivity index (χ4v) is 3.93. The fraction of sp³-hybridized carbons (Fsp3) is 0.389. The van der Waals surface area contributed by atoms with Gasteiger partial charge in [-0.1, -0.05) is 30.3 Å². The SMILES string of the molecule is CC1CCCN(c2nccnc2SCC(=O)Nc2ccc(F)cc2Cl)C1. The van der Waals surface area contributed by atoms with Crippen LogP contribution in [0, 0.1) is 11.7 Å². The molecule has 1 amide bonds. The number of aromatic nitrogens is 2. The molecule has 0 radical (unpaired) electrons. The zero-order valence-corrected chi connectivity index (χ0v) is 16.0. The van der Waals surface area contributed by atoms with Gasteiger partial charge < -0.3 is 10.2 Å². The molecule has 0 spiro atoms. The van der Waals surface area contributed by atoms with Gasteiger partial charge in [0.2, 0.25) is 5.91 Å². The highest BCUT2D eigenvalue weighted by Crippen LogP contribution is 2.29. The van der Waals surface area contributed by atoms with Crippen LogP contribution in [-0.4, -0.2) is 34.7 Å². The first-order valence-electron chi connectivity index (χ1n) is 8.46. The van der Waals surface area contributed by atoms with E-state index in [0.717, 1.165) is 30.4 Å². The molecule has 1 aliphatic rings. The monoisotopic (exact) mass is 394 g/mol.